The number of fused-ring (bicyclic) bond motifs is 1. The second-order valence-electron chi connectivity index (χ2n) is 7.08. The average molecular weight is 327 g/mol. The van der Waals surface area contributed by atoms with Gasteiger partial charge in [0.05, 0.1) is 0 Å². The fraction of sp³-hybridized carbons (Fsp3) is 0.500. The highest BCUT2D eigenvalue weighted by Gasteiger charge is 2.56. The summed E-state index contributed by atoms with van der Waals surface area (Å²) in [6.45, 7) is 2.20. The van der Waals surface area contributed by atoms with Gasteiger partial charge in [-0.2, -0.15) is 0 Å². The van der Waals surface area contributed by atoms with Crippen molar-refractivity contribution in [3.63, 3.8) is 0 Å². The molecule has 1 N–H and O–H groups in total. The predicted octanol–water partition coefficient (Wildman–Crippen LogP) is 1.69. The van der Waals surface area contributed by atoms with Crippen molar-refractivity contribution in [1.29, 1.82) is 0 Å². The Morgan fingerprint density at radius 2 is 2.04 bits per heavy atom. The van der Waals surface area contributed by atoms with Crippen LogP contribution in [-0.2, 0) is 16.0 Å². The number of anilines is 1. The molecule has 4 amide bonds. The topological polar surface area (TPSA) is 69.7 Å². The number of hydrogen-bond donors (Lipinski definition) is 1. The zero-order chi connectivity index (χ0) is 16.9. The Morgan fingerprint density at radius 1 is 1.29 bits per heavy atom. The summed E-state index contributed by atoms with van der Waals surface area (Å²) in [4.78, 5) is 40.4. The van der Waals surface area contributed by atoms with E-state index in [1.54, 1.807) is 11.8 Å². The number of benzene rings is 1. The van der Waals surface area contributed by atoms with E-state index in [0.717, 1.165) is 41.8 Å². The highest BCUT2D eigenvalue weighted by molar-refractivity contribution is 6.10. The molecule has 6 heteroatoms. The van der Waals surface area contributed by atoms with E-state index in [9.17, 15) is 14.4 Å². The number of carbonyl (C=O) groups excluding carboxylic acids is 3. The molecule has 0 bridgehead atoms. The van der Waals surface area contributed by atoms with Gasteiger partial charge in [0.1, 0.15) is 12.1 Å². The van der Waals surface area contributed by atoms with E-state index < -0.39 is 11.6 Å². The number of para-hydroxylation sites is 1. The lowest BCUT2D eigenvalue weighted by atomic mass is 9.96. The number of nitrogens with one attached hydrogen (secondary N) is 1. The summed E-state index contributed by atoms with van der Waals surface area (Å²) in [5.41, 5.74) is 1.19. The third-order valence-corrected chi connectivity index (χ3v) is 5.40. The zero-order valence-electron chi connectivity index (χ0n) is 13.7. The van der Waals surface area contributed by atoms with Crippen LogP contribution in [0.3, 0.4) is 0 Å². The van der Waals surface area contributed by atoms with Gasteiger partial charge in [-0.1, -0.05) is 18.2 Å². The molecule has 24 heavy (non-hydrogen) atoms. The van der Waals surface area contributed by atoms with Gasteiger partial charge in [-0.25, -0.2) is 4.79 Å². The zero-order valence-corrected chi connectivity index (χ0v) is 13.7. The predicted molar refractivity (Wildman–Crippen MR) is 88.5 cm³/mol. The van der Waals surface area contributed by atoms with E-state index in [4.69, 9.17) is 0 Å². The van der Waals surface area contributed by atoms with Crippen LogP contribution in [0.5, 0.6) is 0 Å². The summed E-state index contributed by atoms with van der Waals surface area (Å²) in [6, 6.07) is 7.36. The van der Waals surface area contributed by atoms with Gasteiger partial charge in [0.25, 0.3) is 5.91 Å². The highest BCUT2D eigenvalue weighted by atomic mass is 16.2. The molecule has 4 rings (SSSR count). The first kappa shape index (κ1) is 15.2. The molecule has 1 aliphatic carbocycles. The lowest BCUT2D eigenvalue weighted by Crippen LogP contribution is -2.48. The number of aryl methyl sites for hydroxylation is 1. The van der Waals surface area contributed by atoms with Crippen LogP contribution in [0.2, 0.25) is 0 Å². The molecular formula is C18H21N3O3. The lowest BCUT2D eigenvalue weighted by Gasteiger charge is -2.30. The molecule has 2 aliphatic heterocycles. The molecule has 0 radical (unpaired) electrons. The van der Waals surface area contributed by atoms with E-state index in [0.29, 0.717) is 6.54 Å². The van der Waals surface area contributed by atoms with Crippen LogP contribution in [0.25, 0.3) is 0 Å². The third-order valence-electron chi connectivity index (χ3n) is 5.40. The second kappa shape index (κ2) is 5.33. The summed E-state index contributed by atoms with van der Waals surface area (Å²) in [6.07, 6.45) is 3.74. The minimum Gasteiger partial charge on any atom is -0.323 e. The van der Waals surface area contributed by atoms with Crippen LogP contribution in [-0.4, -0.2) is 41.4 Å². The van der Waals surface area contributed by atoms with Crippen LogP contribution in [0.4, 0.5) is 10.5 Å². The smallest absolute Gasteiger partial charge is 0.323 e. The highest BCUT2D eigenvalue weighted by Crippen LogP contribution is 2.42. The van der Waals surface area contributed by atoms with Crippen LogP contribution in [0, 0.1) is 5.92 Å². The number of urea groups is 1. The average Bonchev–Trinajstić information content (AvgIpc) is 3.40. The number of imide groups is 1. The van der Waals surface area contributed by atoms with Crippen LogP contribution < -0.4 is 10.2 Å². The fourth-order valence-corrected chi connectivity index (χ4v) is 3.81. The molecule has 1 atom stereocenters. The van der Waals surface area contributed by atoms with E-state index in [-0.39, 0.29) is 24.3 Å². The van der Waals surface area contributed by atoms with Crippen LogP contribution >= 0.6 is 0 Å². The van der Waals surface area contributed by atoms with Crippen molar-refractivity contribution < 1.29 is 14.4 Å². The number of nitrogens with zero attached hydrogens (tertiary/aromatic N) is 2. The first-order chi connectivity index (χ1) is 11.5. The standard InChI is InChI=1S/C18H21N3O3/c1-18(13-8-9-13)16(23)21(17(24)19-18)11-15(22)20-10-4-6-12-5-2-3-7-14(12)20/h2-3,5,7,13H,4,6,8-11H2,1H3,(H,19,24)/t18-/m1/s1. The number of rotatable bonds is 3. The second-order valence-corrected chi connectivity index (χ2v) is 7.08. The van der Waals surface area contributed by atoms with Gasteiger partial charge in [0.2, 0.25) is 5.91 Å². The quantitative estimate of drug-likeness (QED) is 0.859. The normalized spacial score (nSPS) is 26.4. The Labute approximate surface area is 140 Å². The summed E-state index contributed by atoms with van der Waals surface area (Å²) in [7, 11) is 0. The Kier molecular flexibility index (Phi) is 3.37. The minimum atomic E-state index is -0.836. The first-order valence-electron chi connectivity index (χ1n) is 8.53. The summed E-state index contributed by atoms with van der Waals surface area (Å²) in [5.74, 6) is -0.274. The molecule has 0 unspecified atom stereocenters. The maximum absolute atomic E-state index is 12.8. The maximum atomic E-state index is 12.8. The molecule has 1 aromatic rings. The van der Waals surface area contributed by atoms with Crippen molar-refractivity contribution in [2.24, 2.45) is 5.92 Å². The molecular weight excluding hydrogens is 306 g/mol. The van der Waals surface area contributed by atoms with Crippen molar-refractivity contribution in [3.8, 4) is 0 Å². The summed E-state index contributed by atoms with van der Waals surface area (Å²) in [5, 5.41) is 2.79. The molecule has 0 aromatic heterocycles. The van der Waals surface area contributed by atoms with Gasteiger partial charge in [-0.15, -0.1) is 0 Å². The molecule has 2 heterocycles. The Hall–Kier alpha value is -2.37. The van der Waals surface area contributed by atoms with Crippen molar-refractivity contribution in [1.82, 2.24) is 10.2 Å². The van der Waals surface area contributed by atoms with Gasteiger partial charge >= 0.3 is 6.03 Å². The van der Waals surface area contributed by atoms with Gasteiger partial charge in [-0.05, 0) is 50.2 Å². The van der Waals surface area contributed by atoms with Gasteiger partial charge in [0, 0.05) is 12.2 Å². The molecule has 1 saturated carbocycles. The molecule has 3 aliphatic rings. The molecule has 126 valence electrons. The monoisotopic (exact) mass is 327 g/mol. The minimum absolute atomic E-state index is 0.193. The van der Waals surface area contributed by atoms with Crippen LogP contribution in [0.1, 0.15) is 31.7 Å². The first-order valence-corrected chi connectivity index (χ1v) is 8.53. The van der Waals surface area contributed by atoms with Crippen molar-refractivity contribution in [2.45, 2.75) is 38.1 Å². The molecule has 0 spiro atoms. The largest absolute Gasteiger partial charge is 0.325 e. The fourth-order valence-electron chi connectivity index (χ4n) is 3.81. The number of hydrogen-bond acceptors (Lipinski definition) is 3. The summed E-state index contributed by atoms with van der Waals surface area (Å²) >= 11 is 0. The molecule has 1 aromatic carbocycles. The molecule has 1 saturated heterocycles. The van der Waals surface area contributed by atoms with E-state index in [2.05, 4.69) is 5.32 Å². The van der Waals surface area contributed by atoms with Gasteiger partial charge in [-0.3, -0.25) is 14.5 Å². The van der Waals surface area contributed by atoms with Crippen molar-refractivity contribution in [3.05, 3.63) is 29.8 Å². The van der Waals surface area contributed by atoms with E-state index in [1.807, 2.05) is 24.3 Å². The van der Waals surface area contributed by atoms with Gasteiger partial charge < -0.3 is 10.2 Å². The Bertz CT molecular complexity index is 728. The maximum Gasteiger partial charge on any atom is 0.325 e. The Morgan fingerprint density at radius 3 is 2.79 bits per heavy atom. The third kappa shape index (κ3) is 2.28. The number of carbonyl (C=O) groups is 3. The van der Waals surface area contributed by atoms with E-state index >= 15 is 0 Å². The number of amides is 4. The van der Waals surface area contributed by atoms with E-state index in [1.165, 1.54) is 0 Å². The Balaban J connectivity index is 1.53. The molecule has 2 fully saturated rings. The molecule has 6 nitrogen and oxygen atoms in total. The van der Waals surface area contributed by atoms with Crippen LogP contribution in [0.15, 0.2) is 24.3 Å². The van der Waals surface area contributed by atoms with Crippen molar-refractivity contribution >= 4 is 23.5 Å². The summed E-state index contributed by atoms with van der Waals surface area (Å²) < 4.78 is 0. The lowest BCUT2D eigenvalue weighted by molar-refractivity contribution is -0.134. The van der Waals surface area contributed by atoms with Gasteiger partial charge in [0.15, 0.2) is 0 Å². The van der Waals surface area contributed by atoms with Crippen molar-refractivity contribution in [2.75, 3.05) is 18.0 Å². The SMILES string of the molecule is C[C@]1(C2CC2)NC(=O)N(CC(=O)N2CCCc3ccccc32)C1=O.